The van der Waals surface area contributed by atoms with Gasteiger partial charge in [0.2, 0.25) is 0 Å². The zero-order valence-electron chi connectivity index (χ0n) is 19.2. The summed E-state index contributed by atoms with van der Waals surface area (Å²) >= 11 is 0. The van der Waals surface area contributed by atoms with Gasteiger partial charge in [-0.3, -0.25) is 0 Å². The Bertz CT molecular complexity index is 239. The Morgan fingerprint density at radius 1 is 0.444 bits per heavy atom. The maximum absolute atomic E-state index is 5.83. The van der Waals surface area contributed by atoms with Gasteiger partial charge in [0.1, 0.15) is 0 Å². The molecule has 0 radical (unpaired) electrons. The van der Waals surface area contributed by atoms with Crippen LogP contribution >= 0.6 is 0 Å². The van der Waals surface area contributed by atoms with Crippen LogP contribution in [-0.2, 0) is 9.78 Å². The molecule has 0 unspecified atom stereocenters. The SMILES string of the molecule is CCCCCCCCOOC(CCCCCCCC)CCCCCCCC. The maximum atomic E-state index is 5.83. The van der Waals surface area contributed by atoms with Gasteiger partial charge in [-0.2, -0.15) is 0 Å². The van der Waals surface area contributed by atoms with Crippen LogP contribution in [0, 0.1) is 0 Å². The van der Waals surface area contributed by atoms with Crippen molar-refractivity contribution in [1.82, 2.24) is 0 Å². The van der Waals surface area contributed by atoms with Crippen molar-refractivity contribution in [3.63, 3.8) is 0 Å². The first-order valence-corrected chi connectivity index (χ1v) is 12.6. The molecule has 0 fully saturated rings. The number of hydrogen-bond acceptors (Lipinski definition) is 2. The van der Waals surface area contributed by atoms with Crippen LogP contribution in [0.4, 0.5) is 0 Å². The van der Waals surface area contributed by atoms with E-state index in [0.717, 1.165) is 13.0 Å². The van der Waals surface area contributed by atoms with Crippen LogP contribution in [0.2, 0.25) is 0 Å². The zero-order valence-corrected chi connectivity index (χ0v) is 19.2. The van der Waals surface area contributed by atoms with E-state index in [9.17, 15) is 0 Å². The lowest BCUT2D eigenvalue weighted by atomic mass is 10.0. The molecule has 0 atom stereocenters. The normalized spacial score (nSPS) is 11.6. The fraction of sp³-hybridized carbons (Fsp3) is 1.00. The molecule has 164 valence electrons. The summed E-state index contributed by atoms with van der Waals surface area (Å²) in [6.07, 6.45) is 26.8. The van der Waals surface area contributed by atoms with Crippen LogP contribution in [0.15, 0.2) is 0 Å². The number of hydrogen-bond donors (Lipinski definition) is 0. The van der Waals surface area contributed by atoms with E-state index in [4.69, 9.17) is 9.78 Å². The highest BCUT2D eigenvalue weighted by Crippen LogP contribution is 2.17. The first-order valence-electron chi connectivity index (χ1n) is 12.6. The zero-order chi connectivity index (χ0) is 19.8. The molecule has 0 aliphatic rings. The molecule has 2 heteroatoms. The van der Waals surface area contributed by atoms with E-state index >= 15 is 0 Å². The van der Waals surface area contributed by atoms with E-state index in [1.54, 1.807) is 0 Å². The van der Waals surface area contributed by atoms with Gasteiger partial charge in [0, 0.05) is 0 Å². The predicted molar refractivity (Wildman–Crippen MR) is 120 cm³/mol. The fourth-order valence-corrected chi connectivity index (χ4v) is 3.63. The Morgan fingerprint density at radius 2 is 0.815 bits per heavy atom. The van der Waals surface area contributed by atoms with E-state index in [-0.39, 0.29) is 0 Å². The van der Waals surface area contributed by atoms with E-state index in [1.165, 1.54) is 122 Å². The van der Waals surface area contributed by atoms with Gasteiger partial charge in [-0.1, -0.05) is 130 Å². The molecule has 0 aromatic heterocycles. The Kier molecular flexibility index (Phi) is 23.9. The molecular weight excluding hydrogens is 332 g/mol. The van der Waals surface area contributed by atoms with E-state index in [1.807, 2.05) is 0 Å². The molecule has 0 amide bonds. The molecule has 0 N–H and O–H groups in total. The van der Waals surface area contributed by atoms with Gasteiger partial charge < -0.3 is 0 Å². The highest BCUT2D eigenvalue weighted by Gasteiger charge is 2.10. The minimum atomic E-state index is 0.322. The van der Waals surface area contributed by atoms with Crippen molar-refractivity contribution < 1.29 is 9.78 Å². The van der Waals surface area contributed by atoms with Crippen molar-refractivity contribution in [2.24, 2.45) is 0 Å². The second kappa shape index (κ2) is 24.0. The second-order valence-corrected chi connectivity index (χ2v) is 8.42. The maximum Gasteiger partial charge on any atom is 0.0930 e. The monoisotopic (exact) mass is 384 g/mol. The van der Waals surface area contributed by atoms with Gasteiger partial charge in [0.15, 0.2) is 0 Å². The van der Waals surface area contributed by atoms with Crippen LogP contribution in [0.1, 0.15) is 149 Å². The first-order chi connectivity index (χ1) is 13.3. The molecule has 0 saturated heterocycles. The van der Waals surface area contributed by atoms with Crippen molar-refractivity contribution in [2.45, 2.75) is 155 Å². The lowest BCUT2D eigenvalue weighted by Crippen LogP contribution is -2.14. The molecule has 0 aromatic carbocycles. The first kappa shape index (κ1) is 26.9. The summed E-state index contributed by atoms with van der Waals surface area (Å²) in [6, 6.07) is 0. The number of unbranched alkanes of at least 4 members (excludes halogenated alkanes) is 15. The summed E-state index contributed by atoms with van der Waals surface area (Å²) < 4.78 is 0. The van der Waals surface area contributed by atoms with Crippen molar-refractivity contribution in [3.05, 3.63) is 0 Å². The lowest BCUT2D eigenvalue weighted by molar-refractivity contribution is -0.327. The van der Waals surface area contributed by atoms with Crippen LogP contribution < -0.4 is 0 Å². The summed E-state index contributed by atoms with van der Waals surface area (Å²) in [6.45, 7) is 7.61. The Balaban J connectivity index is 3.77. The lowest BCUT2D eigenvalue weighted by Gasteiger charge is -2.17. The molecule has 0 spiro atoms. The van der Waals surface area contributed by atoms with Gasteiger partial charge in [0.25, 0.3) is 0 Å². The number of rotatable bonds is 23. The molecule has 0 saturated carbocycles. The quantitative estimate of drug-likeness (QED) is 0.0992. The molecular formula is C25H52O2. The van der Waals surface area contributed by atoms with Gasteiger partial charge in [-0.15, -0.1) is 0 Å². The smallest absolute Gasteiger partial charge is 0.0930 e. The van der Waals surface area contributed by atoms with Crippen molar-refractivity contribution in [3.8, 4) is 0 Å². The summed E-state index contributed by atoms with van der Waals surface area (Å²) in [5, 5.41) is 0. The third-order valence-electron chi connectivity index (χ3n) is 5.54. The van der Waals surface area contributed by atoms with Crippen molar-refractivity contribution in [1.29, 1.82) is 0 Å². The van der Waals surface area contributed by atoms with Crippen LogP contribution in [0.5, 0.6) is 0 Å². The molecule has 0 aromatic rings. The Morgan fingerprint density at radius 3 is 1.26 bits per heavy atom. The summed E-state index contributed by atoms with van der Waals surface area (Å²) in [4.78, 5) is 11.4. The van der Waals surface area contributed by atoms with E-state index in [2.05, 4.69) is 20.8 Å². The highest BCUT2D eigenvalue weighted by molar-refractivity contribution is 4.59. The minimum absolute atomic E-state index is 0.322. The molecule has 0 aliphatic carbocycles. The molecule has 27 heavy (non-hydrogen) atoms. The van der Waals surface area contributed by atoms with E-state index < -0.39 is 0 Å². The Labute approximate surface area is 172 Å². The largest absolute Gasteiger partial charge is 0.236 e. The second-order valence-electron chi connectivity index (χ2n) is 8.42. The summed E-state index contributed by atoms with van der Waals surface area (Å²) in [5.41, 5.74) is 0. The average molecular weight is 385 g/mol. The predicted octanol–water partition coefficient (Wildman–Crippen LogP) is 9.16. The minimum Gasteiger partial charge on any atom is -0.236 e. The Hall–Kier alpha value is -0.0800. The van der Waals surface area contributed by atoms with Crippen molar-refractivity contribution in [2.75, 3.05) is 6.61 Å². The van der Waals surface area contributed by atoms with Gasteiger partial charge in [-0.05, 0) is 19.3 Å². The van der Waals surface area contributed by atoms with E-state index in [0.29, 0.717) is 6.10 Å². The fourth-order valence-electron chi connectivity index (χ4n) is 3.63. The third kappa shape index (κ3) is 22.1. The molecule has 0 bridgehead atoms. The molecule has 0 aliphatic heterocycles. The highest BCUT2D eigenvalue weighted by atomic mass is 17.2. The van der Waals surface area contributed by atoms with Crippen LogP contribution in [-0.4, -0.2) is 12.7 Å². The van der Waals surface area contributed by atoms with Gasteiger partial charge in [-0.25, -0.2) is 9.78 Å². The average Bonchev–Trinajstić information content (AvgIpc) is 2.68. The van der Waals surface area contributed by atoms with Gasteiger partial charge in [0.05, 0.1) is 12.7 Å². The standard InChI is InChI=1S/C25H52O2/c1-4-7-10-13-16-19-22-25(23-20-17-14-11-8-5-2)27-26-24-21-18-15-12-9-6-3/h25H,4-24H2,1-3H3. The topological polar surface area (TPSA) is 18.5 Å². The third-order valence-corrected chi connectivity index (χ3v) is 5.54. The summed E-state index contributed by atoms with van der Waals surface area (Å²) in [7, 11) is 0. The van der Waals surface area contributed by atoms with Crippen LogP contribution in [0.3, 0.4) is 0 Å². The van der Waals surface area contributed by atoms with Crippen LogP contribution in [0.25, 0.3) is 0 Å². The molecule has 0 rings (SSSR count). The molecule has 0 heterocycles. The molecule has 2 nitrogen and oxygen atoms in total. The van der Waals surface area contributed by atoms with Gasteiger partial charge >= 0.3 is 0 Å². The van der Waals surface area contributed by atoms with Crippen molar-refractivity contribution >= 4 is 0 Å². The summed E-state index contributed by atoms with van der Waals surface area (Å²) in [5.74, 6) is 0.